The number of benzene rings is 1. The zero-order valence-electron chi connectivity index (χ0n) is 11.6. The van der Waals surface area contributed by atoms with Gasteiger partial charge in [-0.3, -0.25) is 4.79 Å². The molecule has 0 saturated carbocycles. The van der Waals surface area contributed by atoms with Gasteiger partial charge in [-0.15, -0.1) is 0 Å². The van der Waals surface area contributed by atoms with E-state index in [1.165, 1.54) is 0 Å². The van der Waals surface area contributed by atoms with Crippen LogP contribution in [0.4, 0.5) is 5.69 Å². The summed E-state index contributed by atoms with van der Waals surface area (Å²) in [5.41, 5.74) is 7.49. The zero-order valence-corrected chi connectivity index (χ0v) is 11.6. The summed E-state index contributed by atoms with van der Waals surface area (Å²) in [7, 11) is 0. The van der Waals surface area contributed by atoms with E-state index >= 15 is 0 Å². The molecule has 0 radical (unpaired) electrons. The zero-order chi connectivity index (χ0) is 14.3. The van der Waals surface area contributed by atoms with Gasteiger partial charge in [0.05, 0.1) is 12.5 Å². The monoisotopic (exact) mass is 259 g/mol. The van der Waals surface area contributed by atoms with Gasteiger partial charge < -0.3 is 10.6 Å². The van der Waals surface area contributed by atoms with Gasteiger partial charge in [0.25, 0.3) is 0 Å². The molecule has 0 aliphatic rings. The molecular formula is C15H21N3O. The highest BCUT2D eigenvalue weighted by molar-refractivity contribution is 5.77. The summed E-state index contributed by atoms with van der Waals surface area (Å²) in [6.07, 6.45) is 0.846. The molecule has 0 saturated heterocycles. The van der Waals surface area contributed by atoms with E-state index in [1.54, 1.807) is 4.90 Å². The van der Waals surface area contributed by atoms with Crippen molar-refractivity contribution >= 4 is 11.6 Å². The van der Waals surface area contributed by atoms with E-state index in [9.17, 15) is 4.79 Å². The van der Waals surface area contributed by atoms with Crippen LogP contribution in [0.2, 0.25) is 0 Å². The van der Waals surface area contributed by atoms with Gasteiger partial charge in [-0.1, -0.05) is 19.1 Å². The summed E-state index contributed by atoms with van der Waals surface area (Å²) in [6, 6.07) is 9.69. The van der Waals surface area contributed by atoms with Crippen LogP contribution in [0.5, 0.6) is 0 Å². The third-order valence-electron chi connectivity index (χ3n) is 3.21. The normalized spacial score (nSPS) is 11.6. The second-order valence-electron chi connectivity index (χ2n) is 4.65. The first kappa shape index (κ1) is 15.0. The number of nitriles is 1. The summed E-state index contributed by atoms with van der Waals surface area (Å²) in [6.45, 7) is 5.12. The van der Waals surface area contributed by atoms with Crippen LogP contribution in [0, 0.1) is 11.3 Å². The van der Waals surface area contributed by atoms with E-state index in [0.29, 0.717) is 25.9 Å². The number of carbonyl (C=O) groups is 1. The van der Waals surface area contributed by atoms with Crippen molar-refractivity contribution in [2.24, 2.45) is 0 Å². The Labute approximate surface area is 114 Å². The van der Waals surface area contributed by atoms with Gasteiger partial charge in [-0.25, -0.2) is 0 Å². The van der Waals surface area contributed by atoms with Crippen molar-refractivity contribution in [2.45, 2.75) is 32.6 Å². The van der Waals surface area contributed by atoms with Crippen LogP contribution >= 0.6 is 0 Å². The topological polar surface area (TPSA) is 70.1 Å². The van der Waals surface area contributed by atoms with E-state index in [4.69, 9.17) is 11.0 Å². The highest BCUT2D eigenvalue weighted by Gasteiger charge is 2.16. The summed E-state index contributed by atoms with van der Waals surface area (Å²) in [5, 5.41) is 8.58. The number of nitrogens with zero attached hydrogens (tertiary/aromatic N) is 2. The molecule has 0 heterocycles. The number of nitrogens with two attached hydrogens (primary N) is 1. The Kier molecular flexibility index (Phi) is 5.87. The second-order valence-corrected chi connectivity index (χ2v) is 4.65. The van der Waals surface area contributed by atoms with Gasteiger partial charge in [-0.05, 0) is 30.5 Å². The molecule has 1 atom stereocenters. The molecule has 0 bridgehead atoms. The molecule has 1 amide bonds. The van der Waals surface area contributed by atoms with Gasteiger partial charge in [0.1, 0.15) is 0 Å². The highest BCUT2D eigenvalue weighted by Crippen LogP contribution is 2.21. The van der Waals surface area contributed by atoms with Gasteiger partial charge in [0, 0.05) is 25.2 Å². The molecule has 102 valence electrons. The fourth-order valence-electron chi connectivity index (χ4n) is 1.98. The Morgan fingerprint density at radius 1 is 1.42 bits per heavy atom. The lowest BCUT2D eigenvalue weighted by Crippen LogP contribution is -2.32. The minimum Gasteiger partial charge on any atom is -0.399 e. The largest absolute Gasteiger partial charge is 0.399 e. The van der Waals surface area contributed by atoms with E-state index in [1.807, 2.05) is 38.1 Å². The lowest BCUT2D eigenvalue weighted by molar-refractivity contribution is -0.131. The molecule has 4 nitrogen and oxygen atoms in total. The molecule has 2 N–H and O–H groups in total. The molecule has 1 aromatic rings. The Morgan fingerprint density at radius 3 is 2.58 bits per heavy atom. The van der Waals surface area contributed by atoms with Crippen LogP contribution in [0.3, 0.4) is 0 Å². The predicted molar refractivity (Wildman–Crippen MR) is 76.4 cm³/mol. The maximum absolute atomic E-state index is 12.1. The molecule has 0 aromatic heterocycles. The van der Waals surface area contributed by atoms with Gasteiger partial charge in [-0.2, -0.15) is 5.26 Å². The van der Waals surface area contributed by atoms with Crippen LogP contribution in [-0.4, -0.2) is 23.9 Å². The van der Waals surface area contributed by atoms with E-state index < -0.39 is 0 Å². The van der Waals surface area contributed by atoms with Crippen LogP contribution in [0.1, 0.15) is 38.2 Å². The minimum absolute atomic E-state index is 0.0991. The first-order valence-corrected chi connectivity index (χ1v) is 6.58. The van der Waals surface area contributed by atoms with E-state index in [0.717, 1.165) is 11.3 Å². The third kappa shape index (κ3) is 4.63. The number of anilines is 1. The van der Waals surface area contributed by atoms with E-state index in [-0.39, 0.29) is 11.8 Å². The number of hydrogen-bond acceptors (Lipinski definition) is 3. The molecule has 0 fully saturated rings. The first-order valence-electron chi connectivity index (χ1n) is 6.58. The van der Waals surface area contributed by atoms with Gasteiger partial charge >= 0.3 is 0 Å². The van der Waals surface area contributed by atoms with Crippen molar-refractivity contribution in [1.82, 2.24) is 4.90 Å². The fraction of sp³-hybridized carbons (Fsp3) is 0.467. The van der Waals surface area contributed by atoms with Crippen LogP contribution in [-0.2, 0) is 4.79 Å². The van der Waals surface area contributed by atoms with Gasteiger partial charge in [0.2, 0.25) is 5.91 Å². The fourth-order valence-corrected chi connectivity index (χ4v) is 1.98. The van der Waals surface area contributed by atoms with Crippen molar-refractivity contribution in [3.63, 3.8) is 0 Å². The van der Waals surface area contributed by atoms with E-state index in [2.05, 4.69) is 6.07 Å². The molecule has 0 aliphatic heterocycles. The first-order chi connectivity index (χ1) is 9.08. The molecule has 4 heteroatoms. The predicted octanol–water partition coefficient (Wildman–Crippen LogP) is 2.52. The number of carbonyl (C=O) groups excluding carboxylic acids is 1. The Balaban J connectivity index is 2.60. The minimum atomic E-state index is 0.0991. The molecule has 1 unspecified atom stereocenters. The smallest absolute Gasteiger partial charge is 0.223 e. The lowest BCUT2D eigenvalue weighted by Gasteiger charge is -2.21. The quantitative estimate of drug-likeness (QED) is 0.798. The molecule has 0 spiro atoms. The molecule has 0 aliphatic carbocycles. The summed E-state index contributed by atoms with van der Waals surface area (Å²) in [5.74, 6) is 0.256. The third-order valence-corrected chi connectivity index (χ3v) is 3.21. The molecule has 1 rings (SSSR count). The van der Waals surface area contributed by atoms with Crippen LogP contribution in [0.25, 0.3) is 0 Å². The molecular weight excluding hydrogens is 238 g/mol. The van der Waals surface area contributed by atoms with Crippen LogP contribution in [0.15, 0.2) is 24.3 Å². The summed E-state index contributed by atoms with van der Waals surface area (Å²) < 4.78 is 0. The average molecular weight is 259 g/mol. The highest BCUT2D eigenvalue weighted by atomic mass is 16.2. The average Bonchev–Trinajstić information content (AvgIpc) is 2.40. The Bertz CT molecular complexity index is 447. The van der Waals surface area contributed by atoms with Crippen molar-refractivity contribution in [2.75, 3.05) is 18.8 Å². The maximum atomic E-state index is 12.1. The number of nitrogen functional groups attached to an aromatic ring is 1. The SMILES string of the molecule is CCN(CCC#N)C(=O)CC(C)c1ccc(N)cc1. The van der Waals surface area contributed by atoms with Crippen LogP contribution < -0.4 is 5.73 Å². The maximum Gasteiger partial charge on any atom is 0.223 e. The van der Waals surface area contributed by atoms with Crippen molar-refractivity contribution in [3.05, 3.63) is 29.8 Å². The van der Waals surface area contributed by atoms with Gasteiger partial charge in [0.15, 0.2) is 0 Å². The second kappa shape index (κ2) is 7.42. The number of amides is 1. The number of hydrogen-bond donors (Lipinski definition) is 1. The standard InChI is InChI=1S/C15H21N3O/c1-3-18(10-4-9-16)15(19)11-12(2)13-5-7-14(17)8-6-13/h5-8,12H,3-4,10-11,17H2,1-2H3. The molecule has 1 aromatic carbocycles. The molecule has 19 heavy (non-hydrogen) atoms. The summed E-state index contributed by atoms with van der Waals surface area (Å²) >= 11 is 0. The van der Waals surface area contributed by atoms with Crippen molar-refractivity contribution in [3.8, 4) is 6.07 Å². The number of rotatable bonds is 6. The van der Waals surface area contributed by atoms with Crippen molar-refractivity contribution < 1.29 is 4.79 Å². The lowest BCUT2D eigenvalue weighted by atomic mass is 9.97. The Morgan fingerprint density at radius 2 is 2.05 bits per heavy atom. The summed E-state index contributed by atoms with van der Waals surface area (Å²) in [4.78, 5) is 13.9. The Hall–Kier alpha value is -2.02. The van der Waals surface area contributed by atoms with Crippen molar-refractivity contribution in [1.29, 1.82) is 5.26 Å².